The Morgan fingerprint density at radius 1 is 1.45 bits per heavy atom. The van der Waals surface area contributed by atoms with Crippen LogP contribution in [0.15, 0.2) is 23.1 Å². The third-order valence-corrected chi connectivity index (χ3v) is 6.21. The zero-order valence-electron chi connectivity index (χ0n) is 12.7. The lowest BCUT2D eigenvalue weighted by atomic mass is 9.93. The highest BCUT2D eigenvalue weighted by Crippen LogP contribution is 2.32. The van der Waals surface area contributed by atoms with E-state index in [2.05, 4.69) is 0 Å². The van der Waals surface area contributed by atoms with Gasteiger partial charge in [-0.1, -0.05) is 12.1 Å². The van der Waals surface area contributed by atoms with Gasteiger partial charge in [0.1, 0.15) is 0 Å². The summed E-state index contributed by atoms with van der Waals surface area (Å²) in [6.45, 7) is 4.12. The average molecular weight is 327 g/mol. The number of nitro groups is 1. The first-order valence-corrected chi connectivity index (χ1v) is 8.69. The Morgan fingerprint density at radius 3 is 2.73 bits per heavy atom. The standard InChI is InChI=1S/C14H21N3O4S/c1-10-5-3-7-13(17(18)19)14(10)22(20,21)16-8-4-6-12(9-16)11(2)15/h3,5,7,11-12H,4,6,8-9,15H2,1-2H3. The van der Waals surface area contributed by atoms with Gasteiger partial charge in [-0.05, 0) is 38.2 Å². The van der Waals surface area contributed by atoms with E-state index in [4.69, 9.17) is 5.73 Å². The van der Waals surface area contributed by atoms with Gasteiger partial charge in [-0.3, -0.25) is 10.1 Å². The molecule has 0 spiro atoms. The van der Waals surface area contributed by atoms with Gasteiger partial charge in [-0.25, -0.2) is 8.42 Å². The predicted molar refractivity (Wildman–Crippen MR) is 83.0 cm³/mol. The molecular formula is C14H21N3O4S. The van der Waals surface area contributed by atoms with Crippen LogP contribution in [0.25, 0.3) is 0 Å². The first kappa shape index (κ1) is 16.9. The van der Waals surface area contributed by atoms with Gasteiger partial charge in [0.25, 0.3) is 5.69 Å². The molecular weight excluding hydrogens is 306 g/mol. The molecule has 0 aromatic heterocycles. The maximum Gasteiger partial charge on any atom is 0.289 e. The second-order valence-electron chi connectivity index (χ2n) is 5.80. The van der Waals surface area contributed by atoms with Crippen molar-refractivity contribution < 1.29 is 13.3 Å². The Hall–Kier alpha value is -1.51. The highest BCUT2D eigenvalue weighted by atomic mass is 32.2. The first-order valence-electron chi connectivity index (χ1n) is 7.25. The van der Waals surface area contributed by atoms with E-state index < -0.39 is 14.9 Å². The average Bonchev–Trinajstić information content (AvgIpc) is 2.46. The number of nitrogens with two attached hydrogens (primary N) is 1. The number of aryl methyl sites for hydroxylation is 1. The van der Waals surface area contributed by atoms with Crippen molar-refractivity contribution in [1.29, 1.82) is 0 Å². The molecule has 0 bridgehead atoms. The van der Waals surface area contributed by atoms with Crippen LogP contribution < -0.4 is 5.73 Å². The molecule has 1 fully saturated rings. The zero-order chi connectivity index (χ0) is 16.5. The number of sulfonamides is 1. The molecule has 8 heteroatoms. The maximum atomic E-state index is 12.9. The molecule has 1 heterocycles. The summed E-state index contributed by atoms with van der Waals surface area (Å²) < 4.78 is 27.1. The molecule has 0 aliphatic carbocycles. The summed E-state index contributed by atoms with van der Waals surface area (Å²) in [5.74, 6) is 0.0756. The van der Waals surface area contributed by atoms with Crippen molar-refractivity contribution in [2.24, 2.45) is 11.7 Å². The van der Waals surface area contributed by atoms with Crippen LogP contribution in [0.1, 0.15) is 25.3 Å². The number of nitro benzene ring substituents is 1. The summed E-state index contributed by atoms with van der Waals surface area (Å²) in [6, 6.07) is 4.19. The minimum atomic E-state index is -3.90. The van der Waals surface area contributed by atoms with Crippen molar-refractivity contribution in [3.63, 3.8) is 0 Å². The second-order valence-corrected chi connectivity index (χ2v) is 7.68. The van der Waals surface area contributed by atoms with Crippen LogP contribution in [0.4, 0.5) is 5.69 Å². The predicted octanol–water partition coefficient (Wildman–Crippen LogP) is 1.65. The van der Waals surface area contributed by atoms with E-state index in [-0.39, 0.29) is 22.5 Å². The molecule has 22 heavy (non-hydrogen) atoms. The number of rotatable bonds is 4. The minimum absolute atomic E-state index is 0.0756. The molecule has 1 saturated heterocycles. The van der Waals surface area contributed by atoms with Gasteiger partial charge in [0.05, 0.1) is 4.92 Å². The third-order valence-electron chi connectivity index (χ3n) is 4.15. The monoisotopic (exact) mass is 327 g/mol. The molecule has 0 amide bonds. The molecule has 0 saturated carbocycles. The molecule has 0 radical (unpaired) electrons. The molecule has 2 N–H and O–H groups in total. The fourth-order valence-corrected chi connectivity index (χ4v) is 4.76. The Bertz CT molecular complexity index is 673. The highest BCUT2D eigenvalue weighted by Gasteiger charge is 2.36. The number of hydrogen-bond donors (Lipinski definition) is 1. The fourth-order valence-electron chi connectivity index (χ4n) is 2.87. The maximum absolute atomic E-state index is 12.9. The summed E-state index contributed by atoms with van der Waals surface area (Å²) in [5.41, 5.74) is 5.90. The van der Waals surface area contributed by atoms with E-state index >= 15 is 0 Å². The van der Waals surface area contributed by atoms with Crippen LogP contribution >= 0.6 is 0 Å². The van der Waals surface area contributed by atoms with Gasteiger partial charge < -0.3 is 5.73 Å². The molecule has 2 rings (SSSR count). The Labute approximate surface area is 130 Å². The van der Waals surface area contributed by atoms with Crippen LogP contribution in [-0.4, -0.2) is 36.8 Å². The van der Waals surface area contributed by atoms with Crippen molar-refractivity contribution in [2.45, 2.75) is 37.6 Å². The van der Waals surface area contributed by atoms with Gasteiger partial charge >= 0.3 is 0 Å². The molecule has 2 unspecified atom stereocenters. The number of piperidine rings is 1. The van der Waals surface area contributed by atoms with Crippen molar-refractivity contribution in [3.05, 3.63) is 33.9 Å². The lowest BCUT2D eigenvalue weighted by molar-refractivity contribution is -0.387. The largest absolute Gasteiger partial charge is 0.328 e. The van der Waals surface area contributed by atoms with Crippen LogP contribution in [-0.2, 0) is 10.0 Å². The number of benzene rings is 1. The van der Waals surface area contributed by atoms with E-state index in [1.54, 1.807) is 13.0 Å². The van der Waals surface area contributed by atoms with Gasteiger partial charge in [-0.2, -0.15) is 4.31 Å². The lowest BCUT2D eigenvalue weighted by Gasteiger charge is -2.33. The van der Waals surface area contributed by atoms with Gasteiger partial charge in [-0.15, -0.1) is 0 Å². The van der Waals surface area contributed by atoms with Crippen molar-refractivity contribution in [2.75, 3.05) is 13.1 Å². The third kappa shape index (κ3) is 3.13. The van der Waals surface area contributed by atoms with E-state index in [0.29, 0.717) is 25.1 Å². The Balaban J connectivity index is 2.45. The van der Waals surface area contributed by atoms with Crippen LogP contribution in [0.5, 0.6) is 0 Å². The molecule has 122 valence electrons. The minimum Gasteiger partial charge on any atom is -0.328 e. The number of nitrogens with zero attached hydrogens (tertiary/aromatic N) is 2. The van der Waals surface area contributed by atoms with Gasteiger partial charge in [0.15, 0.2) is 4.90 Å². The van der Waals surface area contributed by atoms with Crippen molar-refractivity contribution in [3.8, 4) is 0 Å². The molecule has 2 atom stereocenters. The quantitative estimate of drug-likeness (QED) is 0.668. The molecule has 7 nitrogen and oxygen atoms in total. The second kappa shape index (κ2) is 6.31. The summed E-state index contributed by atoms with van der Waals surface area (Å²) in [5, 5.41) is 11.2. The van der Waals surface area contributed by atoms with Gasteiger partial charge in [0, 0.05) is 25.2 Å². The zero-order valence-corrected chi connectivity index (χ0v) is 13.5. The van der Waals surface area contributed by atoms with Crippen LogP contribution in [0.3, 0.4) is 0 Å². The fraction of sp³-hybridized carbons (Fsp3) is 0.571. The smallest absolute Gasteiger partial charge is 0.289 e. The van der Waals surface area contributed by atoms with Crippen molar-refractivity contribution in [1.82, 2.24) is 4.31 Å². The Morgan fingerprint density at radius 2 is 2.14 bits per heavy atom. The van der Waals surface area contributed by atoms with Crippen molar-refractivity contribution >= 4 is 15.7 Å². The van der Waals surface area contributed by atoms with E-state index in [0.717, 1.165) is 6.42 Å². The van der Waals surface area contributed by atoms with E-state index in [9.17, 15) is 18.5 Å². The summed E-state index contributed by atoms with van der Waals surface area (Å²) in [7, 11) is -3.90. The summed E-state index contributed by atoms with van der Waals surface area (Å²) in [6.07, 6.45) is 1.59. The van der Waals surface area contributed by atoms with E-state index in [1.807, 2.05) is 6.92 Å². The SMILES string of the molecule is Cc1cccc([N+](=O)[O-])c1S(=O)(=O)N1CCCC(C(C)N)C1. The summed E-state index contributed by atoms with van der Waals surface area (Å²) >= 11 is 0. The molecule has 1 aliphatic heterocycles. The normalized spacial score (nSPS) is 21.5. The van der Waals surface area contributed by atoms with Gasteiger partial charge in [0.2, 0.25) is 10.0 Å². The molecule has 1 aromatic rings. The van der Waals surface area contributed by atoms with Crippen LogP contribution in [0.2, 0.25) is 0 Å². The molecule has 1 aliphatic rings. The Kier molecular flexibility index (Phi) is 4.84. The lowest BCUT2D eigenvalue weighted by Crippen LogP contribution is -2.45. The number of hydrogen-bond acceptors (Lipinski definition) is 5. The highest BCUT2D eigenvalue weighted by molar-refractivity contribution is 7.89. The first-order chi connectivity index (χ1) is 10.2. The molecule has 1 aromatic carbocycles. The van der Waals surface area contributed by atoms with Crippen LogP contribution in [0, 0.1) is 23.0 Å². The summed E-state index contributed by atoms with van der Waals surface area (Å²) in [4.78, 5) is 10.3. The van der Waals surface area contributed by atoms with E-state index in [1.165, 1.54) is 16.4 Å². The topological polar surface area (TPSA) is 107 Å².